The first-order valence-corrected chi connectivity index (χ1v) is 7.41. The van der Waals surface area contributed by atoms with Crippen LogP contribution in [-0.2, 0) is 4.79 Å². The highest BCUT2D eigenvalue weighted by atomic mass is 79.9. The summed E-state index contributed by atoms with van der Waals surface area (Å²) in [5.74, 6) is -0.175. The van der Waals surface area contributed by atoms with Crippen molar-refractivity contribution in [1.82, 2.24) is 5.32 Å². The SMILES string of the molecule is CSC1=C(C#N)C(c2ccc(Br)cc2)CC(=O)N1. The molecule has 0 aromatic heterocycles. The summed E-state index contributed by atoms with van der Waals surface area (Å²) in [6.07, 6.45) is 2.19. The first-order valence-electron chi connectivity index (χ1n) is 5.39. The molecule has 0 spiro atoms. The van der Waals surface area contributed by atoms with E-state index < -0.39 is 0 Å². The maximum absolute atomic E-state index is 11.7. The number of hydrogen-bond donors (Lipinski definition) is 1. The smallest absolute Gasteiger partial charge is 0.225 e. The van der Waals surface area contributed by atoms with Crippen molar-refractivity contribution in [3.8, 4) is 6.07 Å². The molecule has 1 amide bonds. The normalized spacial score (nSPS) is 19.4. The fourth-order valence-electron chi connectivity index (χ4n) is 1.96. The molecule has 1 heterocycles. The van der Waals surface area contributed by atoms with Crippen molar-refractivity contribution in [1.29, 1.82) is 5.26 Å². The van der Waals surface area contributed by atoms with E-state index in [9.17, 15) is 10.1 Å². The number of nitrogens with one attached hydrogen (secondary N) is 1. The number of carbonyl (C=O) groups is 1. The molecule has 1 unspecified atom stereocenters. The summed E-state index contributed by atoms with van der Waals surface area (Å²) < 4.78 is 0.985. The number of benzene rings is 1. The van der Waals surface area contributed by atoms with Crippen molar-refractivity contribution in [2.24, 2.45) is 0 Å². The molecule has 0 fully saturated rings. The Hall–Kier alpha value is -1.25. The van der Waals surface area contributed by atoms with Gasteiger partial charge < -0.3 is 5.32 Å². The predicted octanol–water partition coefficient (Wildman–Crippen LogP) is 3.15. The second-order valence-electron chi connectivity index (χ2n) is 3.92. The highest BCUT2D eigenvalue weighted by Gasteiger charge is 2.28. The van der Waals surface area contributed by atoms with E-state index in [0.29, 0.717) is 17.0 Å². The van der Waals surface area contributed by atoms with Crippen molar-refractivity contribution in [2.45, 2.75) is 12.3 Å². The topological polar surface area (TPSA) is 52.9 Å². The molecule has 1 N–H and O–H groups in total. The van der Waals surface area contributed by atoms with Crippen LogP contribution in [0.15, 0.2) is 39.3 Å². The van der Waals surface area contributed by atoms with Gasteiger partial charge in [0.05, 0.1) is 16.7 Å². The van der Waals surface area contributed by atoms with Gasteiger partial charge in [0.2, 0.25) is 5.91 Å². The van der Waals surface area contributed by atoms with Crippen LogP contribution in [0.4, 0.5) is 0 Å². The molecule has 1 atom stereocenters. The Morgan fingerprint density at radius 3 is 2.67 bits per heavy atom. The summed E-state index contributed by atoms with van der Waals surface area (Å²) in [6.45, 7) is 0. The van der Waals surface area contributed by atoms with Gasteiger partial charge in [0.25, 0.3) is 0 Å². The lowest BCUT2D eigenvalue weighted by Gasteiger charge is -2.24. The summed E-state index contributed by atoms with van der Waals surface area (Å²) in [5, 5.41) is 12.7. The van der Waals surface area contributed by atoms with E-state index in [1.807, 2.05) is 30.5 Å². The molecule has 1 aliphatic rings. The molecule has 2 rings (SSSR count). The van der Waals surface area contributed by atoms with E-state index in [1.54, 1.807) is 0 Å². The minimum Gasteiger partial charge on any atom is -0.320 e. The molecule has 5 heteroatoms. The fraction of sp³-hybridized carbons (Fsp3) is 0.231. The number of nitrogens with zero attached hydrogens (tertiary/aromatic N) is 1. The number of nitriles is 1. The molecule has 0 radical (unpaired) electrons. The van der Waals surface area contributed by atoms with Crippen LogP contribution in [-0.4, -0.2) is 12.2 Å². The summed E-state index contributed by atoms with van der Waals surface area (Å²) >= 11 is 4.78. The molecule has 1 aliphatic heterocycles. The van der Waals surface area contributed by atoms with Gasteiger partial charge in [-0.15, -0.1) is 11.8 Å². The van der Waals surface area contributed by atoms with Crippen molar-refractivity contribution >= 4 is 33.6 Å². The van der Waals surface area contributed by atoms with Crippen LogP contribution in [0.25, 0.3) is 0 Å². The number of thioether (sulfide) groups is 1. The Morgan fingerprint density at radius 2 is 2.11 bits per heavy atom. The molecule has 18 heavy (non-hydrogen) atoms. The highest BCUT2D eigenvalue weighted by Crippen LogP contribution is 2.35. The maximum atomic E-state index is 11.7. The summed E-state index contributed by atoms with van der Waals surface area (Å²) in [4.78, 5) is 11.7. The molecule has 1 aromatic rings. The molecule has 0 bridgehead atoms. The van der Waals surface area contributed by atoms with E-state index in [0.717, 1.165) is 10.0 Å². The average Bonchev–Trinajstić information content (AvgIpc) is 2.38. The second-order valence-corrected chi connectivity index (χ2v) is 5.65. The first kappa shape index (κ1) is 13.2. The van der Waals surface area contributed by atoms with E-state index in [2.05, 4.69) is 27.3 Å². The molecular weight excluding hydrogens is 312 g/mol. The Labute approximate surface area is 118 Å². The molecule has 0 aliphatic carbocycles. The lowest BCUT2D eigenvalue weighted by atomic mass is 9.87. The van der Waals surface area contributed by atoms with Crippen LogP contribution in [0.1, 0.15) is 17.9 Å². The van der Waals surface area contributed by atoms with Crippen LogP contribution < -0.4 is 5.32 Å². The minimum absolute atomic E-state index is 0.0359. The van der Waals surface area contributed by atoms with Gasteiger partial charge in [-0.2, -0.15) is 5.26 Å². The largest absolute Gasteiger partial charge is 0.320 e. The molecular formula is C13H11BrN2OS. The van der Waals surface area contributed by atoms with Gasteiger partial charge in [-0.05, 0) is 24.0 Å². The van der Waals surface area contributed by atoms with E-state index in [-0.39, 0.29) is 11.8 Å². The van der Waals surface area contributed by atoms with Crippen molar-refractivity contribution in [3.63, 3.8) is 0 Å². The van der Waals surface area contributed by atoms with Gasteiger partial charge in [0.15, 0.2) is 0 Å². The Kier molecular flexibility index (Phi) is 4.10. The third-order valence-electron chi connectivity index (χ3n) is 2.83. The molecule has 0 saturated carbocycles. The number of halogens is 1. The fourth-order valence-corrected chi connectivity index (χ4v) is 2.85. The average molecular weight is 323 g/mol. The van der Waals surface area contributed by atoms with Crippen LogP contribution in [0, 0.1) is 11.3 Å². The van der Waals surface area contributed by atoms with Crippen molar-refractivity contribution in [2.75, 3.05) is 6.26 Å². The van der Waals surface area contributed by atoms with Gasteiger partial charge in [0.1, 0.15) is 0 Å². The monoisotopic (exact) mass is 322 g/mol. The molecule has 3 nitrogen and oxygen atoms in total. The third-order valence-corrected chi connectivity index (χ3v) is 4.09. The number of allylic oxidation sites excluding steroid dienone is 1. The van der Waals surface area contributed by atoms with Gasteiger partial charge in [-0.1, -0.05) is 28.1 Å². The third kappa shape index (κ3) is 2.60. The molecule has 92 valence electrons. The van der Waals surface area contributed by atoms with E-state index >= 15 is 0 Å². The number of amides is 1. The van der Waals surface area contributed by atoms with Crippen LogP contribution in [0.3, 0.4) is 0 Å². The van der Waals surface area contributed by atoms with Crippen LogP contribution in [0.5, 0.6) is 0 Å². The lowest BCUT2D eigenvalue weighted by Crippen LogP contribution is -2.30. The minimum atomic E-state index is -0.140. The van der Waals surface area contributed by atoms with Crippen LogP contribution in [0.2, 0.25) is 0 Å². The second kappa shape index (κ2) is 5.59. The van der Waals surface area contributed by atoms with Gasteiger partial charge in [-0.3, -0.25) is 4.79 Å². The molecule has 1 aromatic carbocycles. The quantitative estimate of drug-likeness (QED) is 0.910. The van der Waals surface area contributed by atoms with Gasteiger partial charge in [0, 0.05) is 16.8 Å². The number of hydrogen-bond acceptors (Lipinski definition) is 3. The highest BCUT2D eigenvalue weighted by molar-refractivity contribution is 9.10. The number of carbonyl (C=O) groups excluding carboxylic acids is 1. The zero-order valence-corrected chi connectivity index (χ0v) is 12.1. The van der Waals surface area contributed by atoms with E-state index in [1.165, 1.54) is 11.8 Å². The summed E-state index contributed by atoms with van der Waals surface area (Å²) in [5.41, 5.74) is 1.64. The zero-order valence-electron chi connectivity index (χ0n) is 9.74. The Bertz CT molecular complexity index is 545. The Balaban J connectivity index is 2.45. The summed E-state index contributed by atoms with van der Waals surface area (Å²) in [7, 11) is 0. The summed E-state index contributed by atoms with van der Waals surface area (Å²) in [6, 6.07) is 9.97. The zero-order chi connectivity index (χ0) is 13.1. The number of rotatable bonds is 2. The van der Waals surface area contributed by atoms with Gasteiger partial charge >= 0.3 is 0 Å². The standard InChI is InChI=1S/C13H11BrN2OS/c1-18-13-11(7-15)10(6-12(17)16-13)8-2-4-9(14)5-3-8/h2-5,10H,6H2,1H3,(H,16,17). The van der Waals surface area contributed by atoms with Gasteiger partial charge in [-0.25, -0.2) is 0 Å². The van der Waals surface area contributed by atoms with Crippen LogP contribution >= 0.6 is 27.7 Å². The van der Waals surface area contributed by atoms with E-state index in [4.69, 9.17) is 0 Å². The first-order chi connectivity index (χ1) is 8.65. The molecule has 0 saturated heterocycles. The predicted molar refractivity (Wildman–Crippen MR) is 75.8 cm³/mol. The maximum Gasteiger partial charge on any atom is 0.225 e. The Morgan fingerprint density at radius 1 is 1.44 bits per heavy atom. The lowest BCUT2D eigenvalue weighted by molar-refractivity contribution is -0.120. The van der Waals surface area contributed by atoms with Crippen molar-refractivity contribution < 1.29 is 4.79 Å². The van der Waals surface area contributed by atoms with Crippen molar-refractivity contribution in [3.05, 3.63) is 44.9 Å².